The summed E-state index contributed by atoms with van der Waals surface area (Å²) < 4.78 is 0. The summed E-state index contributed by atoms with van der Waals surface area (Å²) in [5.41, 5.74) is 0. The van der Waals surface area contributed by atoms with E-state index in [9.17, 15) is 0 Å². The van der Waals surface area contributed by atoms with E-state index >= 15 is 0 Å². The minimum Gasteiger partial charge on any atom is -0.314 e. The van der Waals surface area contributed by atoms with Crippen molar-refractivity contribution >= 4 is 0 Å². The normalized spacial score (nSPS) is 43.6. The Labute approximate surface area is 119 Å². The standard InChI is InChI=1S/C17H32N2/c1-3-18-17-8-7-13(2)9-16(17)12-19-10-14-5-4-6-15(14)11-19/h13-18H,3-12H2,1-2H3. The van der Waals surface area contributed by atoms with Gasteiger partial charge in [-0.25, -0.2) is 0 Å². The van der Waals surface area contributed by atoms with Crippen LogP contribution >= 0.6 is 0 Å². The lowest BCUT2D eigenvalue weighted by Gasteiger charge is -2.37. The average molecular weight is 264 g/mol. The molecule has 1 aliphatic heterocycles. The van der Waals surface area contributed by atoms with E-state index < -0.39 is 0 Å². The number of nitrogens with zero attached hydrogens (tertiary/aromatic N) is 1. The number of rotatable bonds is 4. The summed E-state index contributed by atoms with van der Waals surface area (Å²) in [6.45, 7) is 10.0. The van der Waals surface area contributed by atoms with Crippen LogP contribution in [-0.2, 0) is 0 Å². The molecule has 0 amide bonds. The third-order valence-electron chi connectivity index (χ3n) is 6.01. The second kappa shape index (κ2) is 6.13. The Hall–Kier alpha value is -0.0800. The molecule has 1 heterocycles. The van der Waals surface area contributed by atoms with E-state index in [0.717, 1.165) is 36.3 Å². The summed E-state index contributed by atoms with van der Waals surface area (Å²) in [5, 5.41) is 3.75. The summed E-state index contributed by atoms with van der Waals surface area (Å²) in [7, 11) is 0. The first kappa shape index (κ1) is 13.9. The molecule has 2 nitrogen and oxygen atoms in total. The molecule has 0 aromatic heterocycles. The zero-order valence-electron chi connectivity index (χ0n) is 12.9. The zero-order valence-corrected chi connectivity index (χ0v) is 12.9. The van der Waals surface area contributed by atoms with E-state index in [2.05, 4.69) is 24.1 Å². The Bertz CT molecular complexity index is 279. The smallest absolute Gasteiger partial charge is 0.0108 e. The van der Waals surface area contributed by atoms with Crippen molar-refractivity contribution < 1.29 is 0 Å². The summed E-state index contributed by atoms with van der Waals surface area (Å²) >= 11 is 0. The van der Waals surface area contributed by atoms with Crippen molar-refractivity contribution in [2.24, 2.45) is 23.7 Å². The van der Waals surface area contributed by atoms with Gasteiger partial charge in [-0.05, 0) is 62.3 Å². The maximum Gasteiger partial charge on any atom is 0.0108 e. The Balaban J connectivity index is 1.54. The molecule has 5 unspecified atom stereocenters. The second-order valence-electron chi connectivity index (χ2n) is 7.51. The largest absolute Gasteiger partial charge is 0.314 e. The molecule has 110 valence electrons. The number of likely N-dealkylation sites (tertiary alicyclic amines) is 1. The first-order valence-electron chi connectivity index (χ1n) is 8.72. The topological polar surface area (TPSA) is 15.3 Å². The highest BCUT2D eigenvalue weighted by Gasteiger charge is 2.38. The van der Waals surface area contributed by atoms with Crippen molar-refractivity contribution in [2.75, 3.05) is 26.2 Å². The van der Waals surface area contributed by atoms with Gasteiger partial charge in [0.2, 0.25) is 0 Å². The first-order chi connectivity index (χ1) is 9.26. The van der Waals surface area contributed by atoms with Gasteiger partial charge in [-0.15, -0.1) is 0 Å². The monoisotopic (exact) mass is 264 g/mol. The molecule has 3 aliphatic rings. The molecule has 1 N–H and O–H groups in total. The molecule has 0 aromatic carbocycles. The van der Waals surface area contributed by atoms with Crippen molar-refractivity contribution in [2.45, 2.75) is 58.4 Å². The minimum atomic E-state index is 0.793. The van der Waals surface area contributed by atoms with Crippen LogP contribution in [0.15, 0.2) is 0 Å². The highest BCUT2D eigenvalue weighted by atomic mass is 15.2. The minimum absolute atomic E-state index is 0.793. The Morgan fingerprint density at radius 2 is 1.79 bits per heavy atom. The van der Waals surface area contributed by atoms with Gasteiger partial charge in [-0.2, -0.15) is 0 Å². The molecule has 2 aliphatic carbocycles. The van der Waals surface area contributed by atoms with Gasteiger partial charge in [0, 0.05) is 25.7 Å². The van der Waals surface area contributed by atoms with Crippen LogP contribution in [0.5, 0.6) is 0 Å². The third kappa shape index (κ3) is 3.16. The Morgan fingerprint density at radius 3 is 2.47 bits per heavy atom. The fraction of sp³-hybridized carbons (Fsp3) is 1.00. The van der Waals surface area contributed by atoms with Gasteiger partial charge >= 0.3 is 0 Å². The van der Waals surface area contributed by atoms with Gasteiger partial charge in [-0.3, -0.25) is 0 Å². The maximum atomic E-state index is 3.75. The van der Waals surface area contributed by atoms with E-state index in [-0.39, 0.29) is 0 Å². The van der Waals surface area contributed by atoms with Gasteiger partial charge in [0.15, 0.2) is 0 Å². The molecule has 2 heteroatoms. The highest BCUT2D eigenvalue weighted by molar-refractivity contribution is 4.92. The summed E-state index contributed by atoms with van der Waals surface area (Å²) in [4.78, 5) is 2.81. The molecular formula is C17H32N2. The maximum absolute atomic E-state index is 3.75. The van der Waals surface area contributed by atoms with Crippen molar-refractivity contribution in [3.63, 3.8) is 0 Å². The van der Waals surface area contributed by atoms with E-state index in [4.69, 9.17) is 0 Å². The van der Waals surface area contributed by atoms with Crippen molar-refractivity contribution in [1.29, 1.82) is 0 Å². The number of hydrogen-bond acceptors (Lipinski definition) is 2. The molecule has 0 aromatic rings. The van der Waals surface area contributed by atoms with Crippen LogP contribution in [0.25, 0.3) is 0 Å². The predicted molar refractivity (Wildman–Crippen MR) is 81.2 cm³/mol. The van der Waals surface area contributed by atoms with E-state index in [1.807, 2.05) is 0 Å². The Morgan fingerprint density at radius 1 is 1.05 bits per heavy atom. The van der Waals surface area contributed by atoms with Crippen LogP contribution in [0.2, 0.25) is 0 Å². The fourth-order valence-electron chi connectivity index (χ4n) is 5.04. The summed E-state index contributed by atoms with van der Waals surface area (Å²) in [6.07, 6.45) is 8.81. The van der Waals surface area contributed by atoms with Crippen molar-refractivity contribution in [3.8, 4) is 0 Å². The highest BCUT2D eigenvalue weighted by Crippen LogP contribution is 2.39. The van der Waals surface area contributed by atoms with E-state index in [1.54, 1.807) is 0 Å². The van der Waals surface area contributed by atoms with Crippen molar-refractivity contribution in [1.82, 2.24) is 10.2 Å². The van der Waals surface area contributed by atoms with E-state index in [0.29, 0.717) is 0 Å². The molecule has 5 atom stereocenters. The second-order valence-corrected chi connectivity index (χ2v) is 7.51. The molecule has 2 saturated carbocycles. The number of hydrogen-bond donors (Lipinski definition) is 1. The molecule has 0 spiro atoms. The number of nitrogens with one attached hydrogen (secondary N) is 1. The lowest BCUT2D eigenvalue weighted by Crippen LogP contribution is -2.45. The quantitative estimate of drug-likeness (QED) is 0.839. The predicted octanol–water partition coefficient (Wildman–Crippen LogP) is 3.13. The van der Waals surface area contributed by atoms with Crippen LogP contribution in [0.4, 0.5) is 0 Å². The third-order valence-corrected chi connectivity index (χ3v) is 6.01. The average Bonchev–Trinajstić information content (AvgIpc) is 2.93. The Kier molecular flexibility index (Phi) is 4.48. The summed E-state index contributed by atoms with van der Waals surface area (Å²) in [5.74, 6) is 3.96. The molecule has 3 rings (SSSR count). The SMILES string of the molecule is CCNC1CCC(C)CC1CN1CC2CCCC2C1. The van der Waals surface area contributed by atoms with Gasteiger partial charge in [0.25, 0.3) is 0 Å². The molecule has 19 heavy (non-hydrogen) atoms. The molecule has 0 bridgehead atoms. The van der Waals surface area contributed by atoms with Crippen molar-refractivity contribution in [3.05, 3.63) is 0 Å². The molecule has 0 radical (unpaired) electrons. The first-order valence-corrected chi connectivity index (χ1v) is 8.72. The zero-order chi connectivity index (χ0) is 13.2. The van der Waals surface area contributed by atoms with Crippen LogP contribution in [-0.4, -0.2) is 37.1 Å². The fourth-order valence-corrected chi connectivity index (χ4v) is 5.04. The van der Waals surface area contributed by atoms with Crippen LogP contribution in [0.3, 0.4) is 0 Å². The molecule has 1 saturated heterocycles. The van der Waals surface area contributed by atoms with Crippen LogP contribution < -0.4 is 5.32 Å². The lowest BCUT2D eigenvalue weighted by molar-refractivity contribution is 0.156. The van der Waals surface area contributed by atoms with Gasteiger partial charge in [0.05, 0.1) is 0 Å². The van der Waals surface area contributed by atoms with Gasteiger partial charge in [0.1, 0.15) is 0 Å². The summed E-state index contributed by atoms with van der Waals surface area (Å²) in [6, 6.07) is 0.793. The van der Waals surface area contributed by atoms with Crippen LogP contribution in [0, 0.1) is 23.7 Å². The lowest BCUT2D eigenvalue weighted by atomic mass is 9.78. The molecule has 3 fully saturated rings. The van der Waals surface area contributed by atoms with Gasteiger partial charge < -0.3 is 10.2 Å². The number of fused-ring (bicyclic) bond motifs is 1. The molecular weight excluding hydrogens is 232 g/mol. The van der Waals surface area contributed by atoms with Gasteiger partial charge in [-0.1, -0.05) is 20.3 Å². The van der Waals surface area contributed by atoms with Crippen LogP contribution in [0.1, 0.15) is 52.4 Å². The van der Waals surface area contributed by atoms with E-state index in [1.165, 1.54) is 58.2 Å².